The summed E-state index contributed by atoms with van der Waals surface area (Å²) >= 11 is 0. The Morgan fingerprint density at radius 3 is 2.74 bits per heavy atom. The van der Waals surface area contributed by atoms with Crippen LogP contribution in [0.25, 0.3) is 11.4 Å². The molecule has 3 aromatic rings. The third kappa shape index (κ3) is 3.74. The van der Waals surface area contributed by atoms with Crippen molar-refractivity contribution in [3.8, 4) is 17.1 Å². The van der Waals surface area contributed by atoms with Crippen LogP contribution >= 0.6 is 0 Å². The number of aryl methyl sites for hydroxylation is 1. The fraction of sp³-hybridized carbons (Fsp3) is 0.118. The Morgan fingerprint density at radius 1 is 1.17 bits per heavy atom. The van der Waals surface area contributed by atoms with Gasteiger partial charge >= 0.3 is 0 Å². The zero-order valence-electron chi connectivity index (χ0n) is 12.6. The highest BCUT2D eigenvalue weighted by atomic mass is 16.5. The highest BCUT2D eigenvalue weighted by Gasteiger charge is 2.07. The van der Waals surface area contributed by atoms with Gasteiger partial charge in [0.2, 0.25) is 0 Å². The predicted octanol–water partition coefficient (Wildman–Crippen LogP) is 2.50. The molecule has 0 unspecified atom stereocenters. The van der Waals surface area contributed by atoms with E-state index in [1.165, 1.54) is 0 Å². The summed E-state index contributed by atoms with van der Waals surface area (Å²) in [6.45, 7) is -0.0435. The van der Waals surface area contributed by atoms with Crippen LogP contribution in [0.1, 0.15) is 0 Å². The third-order valence-electron chi connectivity index (χ3n) is 3.23. The van der Waals surface area contributed by atoms with E-state index < -0.39 is 0 Å². The van der Waals surface area contributed by atoms with Gasteiger partial charge in [0.05, 0.1) is 0 Å². The minimum absolute atomic E-state index is 0.0435. The first kappa shape index (κ1) is 14.8. The highest BCUT2D eigenvalue weighted by Crippen LogP contribution is 2.20. The number of aromatic nitrogens is 3. The van der Waals surface area contributed by atoms with Gasteiger partial charge in [-0.3, -0.25) is 4.79 Å². The van der Waals surface area contributed by atoms with Crippen LogP contribution in [0.4, 0.5) is 5.69 Å². The Hall–Kier alpha value is -3.15. The number of amides is 1. The van der Waals surface area contributed by atoms with Gasteiger partial charge in [-0.2, -0.15) is 0 Å². The Morgan fingerprint density at radius 2 is 2.00 bits per heavy atom. The second-order valence-corrected chi connectivity index (χ2v) is 5.00. The molecule has 0 aliphatic carbocycles. The molecule has 0 saturated heterocycles. The Labute approximate surface area is 133 Å². The second-order valence-electron chi connectivity index (χ2n) is 5.00. The summed E-state index contributed by atoms with van der Waals surface area (Å²) in [5.74, 6) is 1.18. The van der Waals surface area contributed by atoms with Crippen LogP contribution in [-0.4, -0.2) is 27.3 Å². The van der Waals surface area contributed by atoms with Gasteiger partial charge in [-0.25, -0.2) is 0 Å². The zero-order chi connectivity index (χ0) is 16.1. The van der Waals surface area contributed by atoms with Gasteiger partial charge < -0.3 is 14.6 Å². The van der Waals surface area contributed by atoms with Crippen molar-refractivity contribution in [3.63, 3.8) is 0 Å². The highest BCUT2D eigenvalue weighted by molar-refractivity contribution is 5.92. The number of rotatable bonds is 5. The number of carbonyl (C=O) groups excluding carboxylic acids is 1. The van der Waals surface area contributed by atoms with Crippen molar-refractivity contribution < 1.29 is 9.53 Å². The van der Waals surface area contributed by atoms with E-state index >= 15 is 0 Å². The monoisotopic (exact) mass is 308 g/mol. The van der Waals surface area contributed by atoms with Gasteiger partial charge in [0.1, 0.15) is 12.1 Å². The van der Waals surface area contributed by atoms with Crippen LogP contribution in [-0.2, 0) is 11.8 Å². The fourth-order valence-electron chi connectivity index (χ4n) is 2.14. The summed E-state index contributed by atoms with van der Waals surface area (Å²) in [5.41, 5.74) is 1.57. The van der Waals surface area contributed by atoms with Crippen LogP contribution in [0.15, 0.2) is 60.9 Å². The van der Waals surface area contributed by atoms with Crippen molar-refractivity contribution in [2.24, 2.45) is 7.05 Å². The average Bonchev–Trinajstić information content (AvgIpc) is 3.00. The number of anilines is 1. The van der Waals surface area contributed by atoms with Crippen LogP contribution in [0.2, 0.25) is 0 Å². The number of hydrogen-bond donors (Lipinski definition) is 1. The maximum atomic E-state index is 12.0. The lowest BCUT2D eigenvalue weighted by Gasteiger charge is -2.08. The fourth-order valence-corrected chi connectivity index (χ4v) is 2.14. The average molecular weight is 308 g/mol. The van der Waals surface area contributed by atoms with Crippen molar-refractivity contribution >= 4 is 11.6 Å². The Balaban J connectivity index is 1.64. The molecule has 0 saturated carbocycles. The third-order valence-corrected chi connectivity index (χ3v) is 3.23. The number of hydrogen-bond acceptors (Lipinski definition) is 4. The Bertz CT molecular complexity index is 799. The summed E-state index contributed by atoms with van der Waals surface area (Å²) < 4.78 is 7.24. The molecule has 1 aromatic heterocycles. The van der Waals surface area contributed by atoms with E-state index in [1.807, 2.05) is 66.2 Å². The van der Waals surface area contributed by atoms with Gasteiger partial charge in [-0.05, 0) is 24.3 Å². The summed E-state index contributed by atoms with van der Waals surface area (Å²) in [4.78, 5) is 12.0. The summed E-state index contributed by atoms with van der Waals surface area (Å²) in [7, 11) is 1.87. The smallest absolute Gasteiger partial charge is 0.262 e. The maximum Gasteiger partial charge on any atom is 0.262 e. The lowest BCUT2D eigenvalue weighted by atomic mass is 10.2. The molecule has 0 bridgehead atoms. The molecule has 6 nitrogen and oxygen atoms in total. The molecule has 0 atom stereocenters. The quantitative estimate of drug-likeness (QED) is 0.786. The molecule has 0 fully saturated rings. The molecule has 1 amide bonds. The lowest BCUT2D eigenvalue weighted by molar-refractivity contribution is -0.118. The van der Waals surface area contributed by atoms with Crippen LogP contribution in [0.3, 0.4) is 0 Å². The molecular weight excluding hydrogens is 292 g/mol. The van der Waals surface area contributed by atoms with Gasteiger partial charge in [0.25, 0.3) is 5.91 Å². The number of benzene rings is 2. The van der Waals surface area contributed by atoms with E-state index in [1.54, 1.807) is 6.33 Å². The first-order valence-electron chi connectivity index (χ1n) is 7.14. The summed E-state index contributed by atoms with van der Waals surface area (Å²) in [6.07, 6.45) is 1.63. The van der Waals surface area contributed by atoms with E-state index in [0.29, 0.717) is 11.4 Å². The molecule has 3 rings (SSSR count). The van der Waals surface area contributed by atoms with Gasteiger partial charge in [-0.15, -0.1) is 10.2 Å². The normalized spacial score (nSPS) is 10.3. The van der Waals surface area contributed by atoms with Crippen molar-refractivity contribution in [2.75, 3.05) is 11.9 Å². The van der Waals surface area contributed by atoms with Gasteiger partial charge in [0, 0.05) is 18.3 Å². The molecule has 0 aliphatic heterocycles. The van der Waals surface area contributed by atoms with E-state index in [-0.39, 0.29) is 12.5 Å². The molecule has 2 aromatic carbocycles. The number of carbonyl (C=O) groups is 1. The largest absolute Gasteiger partial charge is 0.484 e. The van der Waals surface area contributed by atoms with Crippen molar-refractivity contribution in [3.05, 3.63) is 60.9 Å². The SMILES string of the molecule is Cn1cnnc1-c1cccc(NC(=O)COc2ccccc2)c1. The van der Waals surface area contributed by atoms with E-state index in [0.717, 1.165) is 11.4 Å². The van der Waals surface area contributed by atoms with Crippen LogP contribution in [0, 0.1) is 0 Å². The predicted molar refractivity (Wildman–Crippen MR) is 87.0 cm³/mol. The lowest BCUT2D eigenvalue weighted by Crippen LogP contribution is -2.20. The molecule has 116 valence electrons. The molecule has 23 heavy (non-hydrogen) atoms. The zero-order valence-corrected chi connectivity index (χ0v) is 12.6. The van der Waals surface area contributed by atoms with Crippen molar-refractivity contribution in [1.29, 1.82) is 0 Å². The molecule has 0 radical (unpaired) electrons. The molecular formula is C17H16N4O2. The number of nitrogens with zero attached hydrogens (tertiary/aromatic N) is 3. The van der Waals surface area contributed by atoms with Gasteiger partial charge in [-0.1, -0.05) is 30.3 Å². The molecule has 1 N–H and O–H groups in total. The number of nitrogens with one attached hydrogen (secondary N) is 1. The minimum atomic E-state index is -0.219. The molecule has 6 heteroatoms. The number of ether oxygens (including phenoxy) is 1. The summed E-state index contributed by atoms with van der Waals surface area (Å²) in [5, 5.41) is 10.7. The first-order valence-corrected chi connectivity index (χ1v) is 7.14. The maximum absolute atomic E-state index is 12.0. The topological polar surface area (TPSA) is 69.0 Å². The van der Waals surface area contributed by atoms with Crippen molar-refractivity contribution in [1.82, 2.24) is 14.8 Å². The summed E-state index contributed by atoms with van der Waals surface area (Å²) in [6, 6.07) is 16.7. The molecule has 0 spiro atoms. The van der Waals surface area contributed by atoms with Crippen LogP contribution < -0.4 is 10.1 Å². The number of para-hydroxylation sites is 1. The van der Waals surface area contributed by atoms with Crippen LogP contribution in [0.5, 0.6) is 5.75 Å². The van der Waals surface area contributed by atoms with E-state index in [4.69, 9.17) is 4.74 Å². The van der Waals surface area contributed by atoms with Gasteiger partial charge in [0.15, 0.2) is 12.4 Å². The second kappa shape index (κ2) is 6.74. The van der Waals surface area contributed by atoms with Crippen molar-refractivity contribution in [2.45, 2.75) is 0 Å². The standard InChI is InChI=1S/C17H16N4O2/c1-21-12-18-20-17(21)13-6-5-7-14(10-13)19-16(22)11-23-15-8-3-2-4-9-15/h2-10,12H,11H2,1H3,(H,19,22). The molecule has 1 heterocycles. The van der Waals surface area contributed by atoms with E-state index in [2.05, 4.69) is 15.5 Å². The first-order chi connectivity index (χ1) is 11.2. The molecule has 0 aliphatic rings. The van der Waals surface area contributed by atoms with E-state index in [9.17, 15) is 4.79 Å². The minimum Gasteiger partial charge on any atom is -0.484 e. The Kier molecular flexibility index (Phi) is 4.33.